The van der Waals surface area contributed by atoms with Crippen LogP contribution in [-0.4, -0.2) is 45.6 Å². The number of halogens is 1. The summed E-state index contributed by atoms with van der Waals surface area (Å²) in [5.41, 5.74) is 0. The Labute approximate surface area is 160 Å². The minimum atomic E-state index is -3.44. The Hall–Kier alpha value is -1.60. The minimum absolute atomic E-state index is 0.0198. The number of ether oxygens (including phenoxy) is 1. The van der Waals surface area contributed by atoms with Gasteiger partial charge in [-0.1, -0.05) is 29.8 Å². The fourth-order valence-corrected chi connectivity index (χ4v) is 4.44. The molecule has 0 bridgehead atoms. The molecule has 1 saturated heterocycles. The number of hydrogen-bond acceptors (Lipinski definition) is 4. The SMILES string of the molecule is O=S(=O)(NC1CCN(CCOc2ccc(Cl)cc2)CC1)c1ccccc1. The number of likely N-dealkylation sites (tertiary alicyclic amines) is 1. The van der Waals surface area contributed by atoms with Crippen LogP contribution in [0.4, 0.5) is 0 Å². The monoisotopic (exact) mass is 394 g/mol. The molecule has 1 heterocycles. The van der Waals surface area contributed by atoms with E-state index in [0.29, 0.717) is 16.5 Å². The zero-order valence-electron chi connectivity index (χ0n) is 14.5. The number of nitrogens with zero attached hydrogens (tertiary/aromatic N) is 1. The van der Waals surface area contributed by atoms with Crippen LogP contribution in [0.3, 0.4) is 0 Å². The van der Waals surface area contributed by atoms with E-state index >= 15 is 0 Å². The summed E-state index contributed by atoms with van der Waals surface area (Å²) < 4.78 is 33.3. The lowest BCUT2D eigenvalue weighted by atomic mass is 10.1. The Bertz CT molecular complexity index is 789. The number of hydrogen-bond donors (Lipinski definition) is 1. The van der Waals surface area contributed by atoms with Crippen LogP contribution < -0.4 is 9.46 Å². The highest BCUT2D eigenvalue weighted by Gasteiger charge is 2.24. The number of nitrogens with one attached hydrogen (secondary N) is 1. The molecule has 0 aliphatic carbocycles. The second kappa shape index (κ2) is 8.86. The van der Waals surface area contributed by atoms with Gasteiger partial charge < -0.3 is 4.74 Å². The van der Waals surface area contributed by atoms with Gasteiger partial charge in [-0.05, 0) is 62.3 Å². The van der Waals surface area contributed by atoms with Crippen LogP contribution in [0.5, 0.6) is 5.75 Å². The summed E-state index contributed by atoms with van der Waals surface area (Å²) in [6.45, 7) is 3.13. The van der Waals surface area contributed by atoms with Gasteiger partial charge in [0, 0.05) is 17.6 Å². The second-order valence-corrected chi connectivity index (χ2v) is 8.50. The average molecular weight is 395 g/mol. The van der Waals surface area contributed by atoms with Crippen molar-refractivity contribution in [2.45, 2.75) is 23.8 Å². The second-order valence-electron chi connectivity index (χ2n) is 6.35. The Kier molecular flexibility index (Phi) is 6.53. The Balaban J connectivity index is 1.41. The first-order valence-corrected chi connectivity index (χ1v) is 10.6. The van der Waals surface area contributed by atoms with Crippen molar-refractivity contribution in [3.63, 3.8) is 0 Å². The highest BCUT2D eigenvalue weighted by molar-refractivity contribution is 7.89. The number of sulfonamides is 1. The van der Waals surface area contributed by atoms with Crippen LogP contribution in [0.1, 0.15) is 12.8 Å². The molecule has 26 heavy (non-hydrogen) atoms. The van der Waals surface area contributed by atoms with Crippen molar-refractivity contribution in [1.29, 1.82) is 0 Å². The maximum atomic E-state index is 12.4. The summed E-state index contributed by atoms with van der Waals surface area (Å²) >= 11 is 5.85. The minimum Gasteiger partial charge on any atom is -0.492 e. The highest BCUT2D eigenvalue weighted by Crippen LogP contribution is 2.17. The number of benzene rings is 2. The van der Waals surface area contributed by atoms with E-state index in [0.717, 1.165) is 38.2 Å². The largest absolute Gasteiger partial charge is 0.492 e. The summed E-state index contributed by atoms with van der Waals surface area (Å²) in [5, 5.41) is 0.692. The molecule has 2 aromatic rings. The summed E-state index contributed by atoms with van der Waals surface area (Å²) in [5.74, 6) is 0.805. The van der Waals surface area contributed by atoms with E-state index in [-0.39, 0.29) is 6.04 Å². The van der Waals surface area contributed by atoms with Gasteiger partial charge in [0.25, 0.3) is 0 Å². The number of rotatable bonds is 7. The van der Waals surface area contributed by atoms with Gasteiger partial charge in [-0.2, -0.15) is 0 Å². The van der Waals surface area contributed by atoms with Crippen LogP contribution in [0.2, 0.25) is 5.02 Å². The molecule has 3 rings (SSSR count). The van der Waals surface area contributed by atoms with Crippen LogP contribution in [-0.2, 0) is 10.0 Å². The molecule has 7 heteroatoms. The van der Waals surface area contributed by atoms with Gasteiger partial charge in [-0.25, -0.2) is 13.1 Å². The molecule has 1 aliphatic rings. The van der Waals surface area contributed by atoms with Gasteiger partial charge in [0.15, 0.2) is 0 Å². The van der Waals surface area contributed by atoms with Gasteiger partial charge in [0.2, 0.25) is 10.0 Å². The third-order valence-corrected chi connectivity index (χ3v) is 6.24. The van der Waals surface area contributed by atoms with Crippen molar-refractivity contribution < 1.29 is 13.2 Å². The first-order valence-electron chi connectivity index (χ1n) is 8.71. The lowest BCUT2D eigenvalue weighted by molar-refractivity contribution is 0.170. The smallest absolute Gasteiger partial charge is 0.240 e. The van der Waals surface area contributed by atoms with Crippen LogP contribution in [0.15, 0.2) is 59.5 Å². The van der Waals surface area contributed by atoms with Crippen molar-refractivity contribution in [1.82, 2.24) is 9.62 Å². The summed E-state index contributed by atoms with van der Waals surface area (Å²) in [4.78, 5) is 2.61. The molecule has 1 fully saturated rings. The van der Waals surface area contributed by atoms with Gasteiger partial charge in [0.05, 0.1) is 4.90 Å². The summed E-state index contributed by atoms with van der Waals surface area (Å²) in [6, 6.07) is 15.8. The molecule has 1 N–H and O–H groups in total. The van der Waals surface area contributed by atoms with Crippen molar-refractivity contribution in [3.05, 3.63) is 59.6 Å². The molecular weight excluding hydrogens is 372 g/mol. The maximum Gasteiger partial charge on any atom is 0.240 e. The van der Waals surface area contributed by atoms with Gasteiger partial charge >= 0.3 is 0 Å². The van der Waals surface area contributed by atoms with Gasteiger partial charge in [-0.15, -0.1) is 0 Å². The predicted octanol–water partition coefficient (Wildman–Crippen LogP) is 3.16. The van der Waals surface area contributed by atoms with E-state index in [1.807, 2.05) is 18.2 Å². The van der Waals surface area contributed by atoms with Crippen molar-refractivity contribution in [3.8, 4) is 5.75 Å². The fourth-order valence-electron chi connectivity index (χ4n) is 2.98. The average Bonchev–Trinajstić information content (AvgIpc) is 2.65. The predicted molar refractivity (Wildman–Crippen MR) is 103 cm³/mol. The topological polar surface area (TPSA) is 58.6 Å². The van der Waals surface area contributed by atoms with Crippen LogP contribution in [0, 0.1) is 0 Å². The zero-order chi connectivity index (χ0) is 18.4. The highest BCUT2D eigenvalue weighted by atomic mass is 35.5. The lowest BCUT2D eigenvalue weighted by Crippen LogP contribution is -2.45. The molecule has 2 aromatic carbocycles. The molecule has 0 unspecified atom stereocenters. The van der Waals surface area contributed by atoms with E-state index in [4.69, 9.17) is 16.3 Å². The first-order chi connectivity index (χ1) is 12.5. The zero-order valence-corrected chi connectivity index (χ0v) is 16.0. The molecule has 0 atom stereocenters. The Morgan fingerprint density at radius 3 is 2.35 bits per heavy atom. The quantitative estimate of drug-likeness (QED) is 0.783. The molecule has 5 nitrogen and oxygen atoms in total. The third kappa shape index (κ3) is 5.45. The van der Waals surface area contributed by atoms with Gasteiger partial charge in [-0.3, -0.25) is 4.90 Å². The maximum absolute atomic E-state index is 12.4. The van der Waals surface area contributed by atoms with E-state index in [2.05, 4.69) is 9.62 Å². The first kappa shape index (κ1) is 19.2. The standard InChI is InChI=1S/C19H23ClN2O3S/c20-16-6-8-18(9-7-16)25-15-14-22-12-10-17(11-13-22)21-26(23,24)19-4-2-1-3-5-19/h1-9,17,21H,10-15H2. The molecule has 0 radical (unpaired) electrons. The van der Waals surface area contributed by atoms with Crippen molar-refractivity contribution in [2.75, 3.05) is 26.2 Å². The van der Waals surface area contributed by atoms with Crippen LogP contribution in [0.25, 0.3) is 0 Å². The molecule has 0 saturated carbocycles. The molecule has 140 valence electrons. The lowest BCUT2D eigenvalue weighted by Gasteiger charge is -2.32. The third-order valence-electron chi connectivity index (χ3n) is 4.45. The van der Waals surface area contributed by atoms with E-state index in [1.165, 1.54) is 0 Å². The van der Waals surface area contributed by atoms with E-state index < -0.39 is 10.0 Å². The van der Waals surface area contributed by atoms with E-state index in [9.17, 15) is 8.42 Å². The molecule has 1 aliphatic heterocycles. The normalized spacial score (nSPS) is 16.5. The Morgan fingerprint density at radius 2 is 1.69 bits per heavy atom. The van der Waals surface area contributed by atoms with Crippen molar-refractivity contribution >= 4 is 21.6 Å². The molecule has 0 amide bonds. The van der Waals surface area contributed by atoms with Crippen LogP contribution >= 0.6 is 11.6 Å². The fraction of sp³-hybridized carbons (Fsp3) is 0.368. The molecular formula is C19H23ClN2O3S. The molecule has 0 aromatic heterocycles. The Morgan fingerprint density at radius 1 is 1.04 bits per heavy atom. The number of piperidine rings is 1. The van der Waals surface area contributed by atoms with Gasteiger partial charge in [0.1, 0.15) is 12.4 Å². The summed E-state index contributed by atoms with van der Waals surface area (Å²) in [6.07, 6.45) is 1.60. The van der Waals surface area contributed by atoms with Crippen molar-refractivity contribution in [2.24, 2.45) is 0 Å². The molecule has 0 spiro atoms. The van der Waals surface area contributed by atoms with E-state index in [1.54, 1.807) is 36.4 Å². The summed E-state index contributed by atoms with van der Waals surface area (Å²) in [7, 11) is -3.44.